The highest BCUT2D eigenvalue weighted by molar-refractivity contribution is 7.99. The molecule has 0 aliphatic heterocycles. The van der Waals surface area contributed by atoms with Crippen molar-refractivity contribution in [2.75, 3.05) is 11.1 Å². The summed E-state index contributed by atoms with van der Waals surface area (Å²) in [6.45, 7) is 2.07. The van der Waals surface area contributed by atoms with Crippen LogP contribution < -0.4 is 10.5 Å². The maximum Gasteiger partial charge on any atom is 0.240 e. The summed E-state index contributed by atoms with van der Waals surface area (Å²) in [5.74, 6) is 0.847. The van der Waals surface area contributed by atoms with Crippen molar-refractivity contribution in [2.45, 2.75) is 29.2 Å². The molecule has 0 saturated heterocycles. The third-order valence-corrected chi connectivity index (χ3v) is 5.38. The molecule has 0 heterocycles. The second-order valence-electron chi connectivity index (χ2n) is 4.91. The van der Waals surface area contributed by atoms with Gasteiger partial charge in [0.15, 0.2) is 0 Å². The van der Waals surface area contributed by atoms with Crippen LogP contribution in [0.25, 0.3) is 0 Å². The fourth-order valence-electron chi connectivity index (χ4n) is 2.03. The lowest BCUT2D eigenvalue weighted by molar-refractivity contribution is 0.598. The lowest BCUT2D eigenvalue weighted by Gasteiger charge is -2.19. The van der Waals surface area contributed by atoms with Crippen LogP contribution in [-0.2, 0) is 10.0 Å². The van der Waals surface area contributed by atoms with Crippen LogP contribution in [0.15, 0.2) is 64.4 Å². The summed E-state index contributed by atoms with van der Waals surface area (Å²) < 4.78 is 23.3. The predicted octanol–water partition coefficient (Wildman–Crippen LogP) is 3.32. The summed E-state index contributed by atoms with van der Waals surface area (Å²) in [7, 11) is -3.72. The smallest absolute Gasteiger partial charge is 0.240 e. The van der Waals surface area contributed by atoms with Crippen molar-refractivity contribution < 1.29 is 8.42 Å². The molecule has 0 radical (unpaired) electrons. The van der Waals surface area contributed by atoms with Gasteiger partial charge in [0.1, 0.15) is 4.90 Å². The molecule has 4 nitrogen and oxygen atoms in total. The Morgan fingerprint density at radius 3 is 2.36 bits per heavy atom. The van der Waals surface area contributed by atoms with Crippen molar-refractivity contribution in [2.24, 2.45) is 5.14 Å². The Balaban J connectivity index is 2.08. The van der Waals surface area contributed by atoms with Gasteiger partial charge in [0.25, 0.3) is 0 Å². The molecule has 0 saturated carbocycles. The van der Waals surface area contributed by atoms with Gasteiger partial charge in [-0.1, -0.05) is 37.3 Å². The Bertz CT molecular complexity index is 703. The summed E-state index contributed by atoms with van der Waals surface area (Å²) in [5, 5.41) is 8.56. The third-order valence-electron chi connectivity index (χ3n) is 3.24. The highest BCUT2D eigenvalue weighted by Crippen LogP contribution is 2.24. The Labute approximate surface area is 136 Å². The molecule has 0 unspecified atom stereocenters. The van der Waals surface area contributed by atoms with Crippen LogP contribution in [0.2, 0.25) is 0 Å². The normalized spacial score (nSPS) is 12.8. The van der Waals surface area contributed by atoms with E-state index in [1.165, 1.54) is 11.0 Å². The van der Waals surface area contributed by atoms with E-state index in [-0.39, 0.29) is 10.9 Å². The molecule has 118 valence electrons. The molecule has 0 aliphatic rings. The second-order valence-corrected chi connectivity index (χ2v) is 7.54. The molecule has 0 bridgehead atoms. The first kappa shape index (κ1) is 16.9. The minimum atomic E-state index is -3.72. The van der Waals surface area contributed by atoms with E-state index in [1.54, 1.807) is 30.0 Å². The van der Waals surface area contributed by atoms with E-state index in [0.717, 1.165) is 12.2 Å². The Morgan fingerprint density at radius 1 is 1.09 bits per heavy atom. The topological polar surface area (TPSA) is 72.2 Å². The van der Waals surface area contributed by atoms with Crippen LogP contribution in [-0.4, -0.2) is 20.2 Å². The van der Waals surface area contributed by atoms with Crippen molar-refractivity contribution in [1.82, 2.24) is 0 Å². The van der Waals surface area contributed by atoms with Crippen LogP contribution >= 0.6 is 11.8 Å². The molecular formula is C16H20N2O2S2. The molecule has 0 amide bonds. The van der Waals surface area contributed by atoms with Crippen molar-refractivity contribution in [3.63, 3.8) is 0 Å². The van der Waals surface area contributed by atoms with E-state index in [4.69, 9.17) is 5.14 Å². The van der Waals surface area contributed by atoms with Crippen molar-refractivity contribution in [3.05, 3.63) is 54.6 Å². The van der Waals surface area contributed by atoms with E-state index in [1.807, 2.05) is 18.2 Å². The molecule has 6 heteroatoms. The van der Waals surface area contributed by atoms with E-state index in [0.29, 0.717) is 5.69 Å². The standard InChI is InChI=1S/C16H20N2O2S2/c1-2-13(12-21-14-8-4-3-5-9-14)18-15-10-6-7-11-16(15)22(17,19)20/h3-11,13,18H,2,12H2,1H3,(H2,17,19,20)/t13-/m0/s1. The van der Waals surface area contributed by atoms with Gasteiger partial charge in [-0.3, -0.25) is 0 Å². The molecule has 2 rings (SSSR count). The highest BCUT2D eigenvalue weighted by atomic mass is 32.2. The fourth-order valence-corrected chi connectivity index (χ4v) is 3.79. The van der Waals surface area contributed by atoms with E-state index >= 15 is 0 Å². The summed E-state index contributed by atoms with van der Waals surface area (Å²) >= 11 is 1.74. The largest absolute Gasteiger partial charge is 0.380 e. The van der Waals surface area contributed by atoms with Gasteiger partial charge in [-0.15, -0.1) is 11.8 Å². The molecule has 0 fully saturated rings. The predicted molar refractivity (Wildman–Crippen MR) is 92.7 cm³/mol. The maximum absolute atomic E-state index is 11.6. The monoisotopic (exact) mass is 336 g/mol. The fraction of sp³-hybridized carbons (Fsp3) is 0.250. The Morgan fingerprint density at radius 2 is 1.73 bits per heavy atom. The quantitative estimate of drug-likeness (QED) is 0.761. The van der Waals surface area contributed by atoms with Gasteiger partial charge in [0.2, 0.25) is 10.0 Å². The van der Waals surface area contributed by atoms with Crippen LogP contribution in [0.4, 0.5) is 5.69 Å². The first-order chi connectivity index (χ1) is 10.5. The number of hydrogen-bond acceptors (Lipinski definition) is 4. The molecule has 22 heavy (non-hydrogen) atoms. The summed E-state index contributed by atoms with van der Waals surface area (Å²) in [5.41, 5.74) is 0.561. The van der Waals surface area contributed by atoms with Crippen molar-refractivity contribution >= 4 is 27.5 Å². The number of para-hydroxylation sites is 1. The first-order valence-electron chi connectivity index (χ1n) is 7.07. The Kier molecular flexibility index (Phi) is 5.88. The highest BCUT2D eigenvalue weighted by Gasteiger charge is 2.15. The zero-order valence-electron chi connectivity index (χ0n) is 12.4. The van der Waals surface area contributed by atoms with Crippen LogP contribution in [0, 0.1) is 0 Å². The van der Waals surface area contributed by atoms with E-state index in [2.05, 4.69) is 24.4 Å². The van der Waals surface area contributed by atoms with Gasteiger partial charge in [-0.05, 0) is 30.7 Å². The molecular weight excluding hydrogens is 316 g/mol. The van der Waals surface area contributed by atoms with Crippen LogP contribution in [0.5, 0.6) is 0 Å². The van der Waals surface area contributed by atoms with E-state index in [9.17, 15) is 8.42 Å². The molecule has 1 atom stereocenters. The molecule has 2 aromatic rings. The van der Waals surface area contributed by atoms with Gasteiger partial charge >= 0.3 is 0 Å². The average Bonchev–Trinajstić information content (AvgIpc) is 2.52. The number of thioether (sulfide) groups is 1. The van der Waals surface area contributed by atoms with Gasteiger partial charge in [-0.25, -0.2) is 13.6 Å². The van der Waals surface area contributed by atoms with Gasteiger partial charge in [0.05, 0.1) is 5.69 Å². The zero-order chi connectivity index (χ0) is 16.0. The summed E-state index contributed by atoms with van der Waals surface area (Å²) in [6.07, 6.45) is 0.888. The summed E-state index contributed by atoms with van der Waals surface area (Å²) in [6, 6.07) is 17.0. The van der Waals surface area contributed by atoms with Gasteiger partial charge < -0.3 is 5.32 Å². The van der Waals surface area contributed by atoms with Crippen molar-refractivity contribution in [1.29, 1.82) is 0 Å². The van der Waals surface area contributed by atoms with Crippen LogP contribution in [0.3, 0.4) is 0 Å². The SMILES string of the molecule is CC[C@@H](CSc1ccccc1)Nc1ccccc1S(N)(=O)=O. The molecule has 0 spiro atoms. The number of benzene rings is 2. The number of nitrogens with two attached hydrogens (primary N) is 1. The number of rotatable bonds is 7. The maximum atomic E-state index is 11.6. The van der Waals surface area contributed by atoms with Crippen molar-refractivity contribution in [3.8, 4) is 0 Å². The molecule has 3 N–H and O–H groups in total. The number of sulfonamides is 1. The third kappa shape index (κ3) is 4.76. The second kappa shape index (κ2) is 7.67. The van der Waals surface area contributed by atoms with E-state index < -0.39 is 10.0 Å². The molecule has 0 aliphatic carbocycles. The lowest BCUT2D eigenvalue weighted by Crippen LogP contribution is -2.23. The molecule has 2 aromatic carbocycles. The van der Waals surface area contributed by atoms with Gasteiger partial charge in [0, 0.05) is 16.7 Å². The number of hydrogen-bond donors (Lipinski definition) is 2. The Hall–Kier alpha value is -1.50. The average molecular weight is 336 g/mol. The number of nitrogens with one attached hydrogen (secondary N) is 1. The first-order valence-corrected chi connectivity index (χ1v) is 9.60. The van der Waals surface area contributed by atoms with Crippen LogP contribution in [0.1, 0.15) is 13.3 Å². The number of primary sulfonamides is 1. The van der Waals surface area contributed by atoms with Gasteiger partial charge in [-0.2, -0.15) is 0 Å². The molecule has 0 aromatic heterocycles. The zero-order valence-corrected chi connectivity index (χ0v) is 14.0. The minimum absolute atomic E-state index is 0.137. The number of anilines is 1. The summed E-state index contributed by atoms with van der Waals surface area (Å²) in [4.78, 5) is 1.33. The lowest BCUT2D eigenvalue weighted by atomic mass is 10.2. The minimum Gasteiger partial charge on any atom is -0.380 e.